The Morgan fingerprint density at radius 2 is 2.26 bits per heavy atom. The van der Waals surface area contributed by atoms with Crippen molar-refractivity contribution in [2.45, 2.75) is 38.8 Å². The average molecular weight is 261 g/mol. The average Bonchev–Trinajstić information content (AvgIpc) is 3.03. The first-order valence-electron chi connectivity index (χ1n) is 7.40. The first-order chi connectivity index (χ1) is 9.29. The van der Waals surface area contributed by atoms with Gasteiger partial charge in [0.15, 0.2) is 0 Å². The van der Waals surface area contributed by atoms with E-state index in [0.29, 0.717) is 18.1 Å². The molecule has 0 bridgehead atoms. The molecule has 1 aromatic carbocycles. The molecule has 3 atom stereocenters. The van der Waals surface area contributed by atoms with Gasteiger partial charge in [0.25, 0.3) is 0 Å². The second-order valence-corrected chi connectivity index (χ2v) is 5.60. The van der Waals surface area contributed by atoms with Crippen LogP contribution in [0.25, 0.3) is 0 Å². The van der Waals surface area contributed by atoms with Crippen LogP contribution in [-0.2, 0) is 11.2 Å². The minimum absolute atomic E-state index is 0.292. The molecular formula is C16H23NO2. The lowest BCUT2D eigenvalue weighted by Crippen LogP contribution is -2.34. The largest absolute Gasteiger partial charge is 0.493 e. The fourth-order valence-electron chi connectivity index (χ4n) is 3.19. The van der Waals surface area contributed by atoms with Crippen LogP contribution in [-0.4, -0.2) is 25.9 Å². The Balaban J connectivity index is 1.87. The molecule has 0 radical (unpaired) electrons. The summed E-state index contributed by atoms with van der Waals surface area (Å²) in [5.41, 5.74) is 2.68. The van der Waals surface area contributed by atoms with Crippen molar-refractivity contribution in [1.29, 1.82) is 0 Å². The van der Waals surface area contributed by atoms with Crippen molar-refractivity contribution in [3.05, 3.63) is 29.3 Å². The molecule has 3 heteroatoms. The van der Waals surface area contributed by atoms with Gasteiger partial charge in [-0.15, -0.1) is 0 Å². The van der Waals surface area contributed by atoms with E-state index in [9.17, 15) is 0 Å². The topological polar surface area (TPSA) is 30.5 Å². The maximum absolute atomic E-state index is 5.96. The highest BCUT2D eigenvalue weighted by Crippen LogP contribution is 2.34. The van der Waals surface area contributed by atoms with Crippen molar-refractivity contribution in [3.8, 4) is 5.75 Å². The summed E-state index contributed by atoms with van der Waals surface area (Å²) in [7, 11) is 0. The van der Waals surface area contributed by atoms with Crippen LogP contribution in [0.4, 0.5) is 0 Å². The fraction of sp³-hybridized carbons (Fsp3) is 0.625. The molecule has 0 spiro atoms. The molecule has 1 fully saturated rings. The summed E-state index contributed by atoms with van der Waals surface area (Å²) >= 11 is 0. The standard InChI is InChI=1S/C16H23NO2/c1-3-17-15(16-11(2)6-8-19-16)13-4-5-14-12(10-13)7-9-18-14/h4-5,10-11,15-17H,3,6-9H2,1-2H3. The Labute approximate surface area is 115 Å². The van der Waals surface area contributed by atoms with E-state index in [0.717, 1.165) is 31.9 Å². The zero-order chi connectivity index (χ0) is 13.2. The minimum Gasteiger partial charge on any atom is -0.493 e. The number of rotatable bonds is 4. The molecule has 3 unspecified atom stereocenters. The molecule has 2 heterocycles. The Hall–Kier alpha value is -1.06. The van der Waals surface area contributed by atoms with E-state index in [2.05, 4.69) is 37.4 Å². The smallest absolute Gasteiger partial charge is 0.122 e. The summed E-state index contributed by atoms with van der Waals surface area (Å²) in [5, 5.41) is 3.60. The Bertz CT molecular complexity index is 446. The van der Waals surface area contributed by atoms with E-state index < -0.39 is 0 Å². The monoisotopic (exact) mass is 261 g/mol. The Morgan fingerprint density at radius 3 is 3.00 bits per heavy atom. The van der Waals surface area contributed by atoms with Gasteiger partial charge in [-0.05, 0) is 36.1 Å². The van der Waals surface area contributed by atoms with Crippen LogP contribution in [0.5, 0.6) is 5.75 Å². The van der Waals surface area contributed by atoms with Gasteiger partial charge in [-0.1, -0.05) is 26.0 Å². The predicted octanol–water partition coefficient (Wildman–Crippen LogP) is 2.70. The van der Waals surface area contributed by atoms with Gasteiger partial charge in [-0.2, -0.15) is 0 Å². The fourth-order valence-corrected chi connectivity index (χ4v) is 3.19. The third-order valence-electron chi connectivity index (χ3n) is 4.27. The molecule has 3 rings (SSSR count). The lowest BCUT2D eigenvalue weighted by Gasteiger charge is -2.27. The van der Waals surface area contributed by atoms with E-state index in [-0.39, 0.29) is 0 Å². The van der Waals surface area contributed by atoms with Crippen molar-refractivity contribution >= 4 is 0 Å². The van der Waals surface area contributed by atoms with Crippen molar-refractivity contribution < 1.29 is 9.47 Å². The van der Waals surface area contributed by atoms with E-state index in [4.69, 9.17) is 9.47 Å². The molecule has 0 saturated carbocycles. The van der Waals surface area contributed by atoms with Gasteiger partial charge >= 0.3 is 0 Å². The van der Waals surface area contributed by atoms with Crippen LogP contribution in [0.15, 0.2) is 18.2 Å². The van der Waals surface area contributed by atoms with Gasteiger partial charge in [0.2, 0.25) is 0 Å². The third-order valence-corrected chi connectivity index (χ3v) is 4.27. The number of ether oxygens (including phenoxy) is 2. The summed E-state index contributed by atoms with van der Waals surface area (Å²) < 4.78 is 11.5. The summed E-state index contributed by atoms with van der Waals surface area (Å²) in [6, 6.07) is 6.89. The second kappa shape index (κ2) is 5.51. The van der Waals surface area contributed by atoms with E-state index >= 15 is 0 Å². The molecule has 0 aliphatic carbocycles. The summed E-state index contributed by atoms with van der Waals surface area (Å²) in [4.78, 5) is 0. The second-order valence-electron chi connectivity index (χ2n) is 5.60. The highest BCUT2D eigenvalue weighted by Gasteiger charge is 2.33. The molecule has 0 amide bonds. The van der Waals surface area contributed by atoms with Crippen molar-refractivity contribution in [2.75, 3.05) is 19.8 Å². The van der Waals surface area contributed by atoms with Crippen LogP contribution in [0, 0.1) is 5.92 Å². The van der Waals surface area contributed by atoms with Gasteiger partial charge in [0.05, 0.1) is 18.8 Å². The summed E-state index contributed by atoms with van der Waals surface area (Å²) in [5.74, 6) is 1.67. The maximum atomic E-state index is 5.96. The number of fused-ring (bicyclic) bond motifs is 1. The van der Waals surface area contributed by atoms with E-state index in [1.807, 2.05) is 0 Å². The van der Waals surface area contributed by atoms with Crippen molar-refractivity contribution in [3.63, 3.8) is 0 Å². The van der Waals surface area contributed by atoms with Crippen LogP contribution < -0.4 is 10.1 Å². The van der Waals surface area contributed by atoms with E-state index in [1.165, 1.54) is 17.5 Å². The first kappa shape index (κ1) is 12.9. The first-order valence-corrected chi connectivity index (χ1v) is 7.40. The molecule has 19 heavy (non-hydrogen) atoms. The molecule has 2 aliphatic rings. The normalized spacial score (nSPS) is 27.1. The highest BCUT2D eigenvalue weighted by atomic mass is 16.5. The number of likely N-dealkylation sites (N-methyl/N-ethyl adjacent to an activating group) is 1. The van der Waals surface area contributed by atoms with Gasteiger partial charge in [-0.3, -0.25) is 0 Å². The third kappa shape index (κ3) is 2.49. The zero-order valence-electron chi connectivity index (χ0n) is 11.8. The zero-order valence-corrected chi connectivity index (χ0v) is 11.8. The van der Waals surface area contributed by atoms with Crippen molar-refractivity contribution in [1.82, 2.24) is 5.32 Å². The molecule has 3 nitrogen and oxygen atoms in total. The number of hydrogen-bond acceptors (Lipinski definition) is 3. The number of hydrogen-bond donors (Lipinski definition) is 1. The predicted molar refractivity (Wildman–Crippen MR) is 75.6 cm³/mol. The summed E-state index contributed by atoms with van der Waals surface area (Å²) in [6.07, 6.45) is 2.49. The molecular weight excluding hydrogens is 238 g/mol. The van der Waals surface area contributed by atoms with Crippen LogP contribution in [0.3, 0.4) is 0 Å². The lowest BCUT2D eigenvalue weighted by molar-refractivity contribution is 0.0612. The van der Waals surface area contributed by atoms with Gasteiger partial charge in [0, 0.05) is 13.0 Å². The molecule has 104 valence electrons. The highest BCUT2D eigenvalue weighted by molar-refractivity contribution is 5.41. The van der Waals surface area contributed by atoms with Crippen LogP contribution >= 0.6 is 0 Å². The van der Waals surface area contributed by atoms with Crippen LogP contribution in [0.2, 0.25) is 0 Å². The van der Waals surface area contributed by atoms with Gasteiger partial charge in [0.1, 0.15) is 5.75 Å². The Morgan fingerprint density at radius 1 is 1.37 bits per heavy atom. The quantitative estimate of drug-likeness (QED) is 0.904. The Kier molecular flexibility index (Phi) is 3.76. The van der Waals surface area contributed by atoms with Crippen molar-refractivity contribution in [2.24, 2.45) is 5.92 Å². The maximum Gasteiger partial charge on any atom is 0.122 e. The number of benzene rings is 1. The van der Waals surface area contributed by atoms with E-state index in [1.54, 1.807) is 0 Å². The van der Waals surface area contributed by atoms with Crippen LogP contribution in [0.1, 0.15) is 37.4 Å². The summed E-state index contributed by atoms with van der Waals surface area (Å²) in [6.45, 7) is 7.12. The van der Waals surface area contributed by atoms with Gasteiger partial charge in [-0.25, -0.2) is 0 Å². The molecule has 1 saturated heterocycles. The van der Waals surface area contributed by atoms with Gasteiger partial charge < -0.3 is 14.8 Å². The number of nitrogens with one attached hydrogen (secondary N) is 1. The SMILES string of the molecule is CCNC(c1ccc2c(c1)CCO2)C1OCCC1C. The molecule has 2 aliphatic heterocycles. The lowest BCUT2D eigenvalue weighted by atomic mass is 9.91. The molecule has 1 aromatic rings. The minimum atomic E-state index is 0.292. The molecule has 0 aromatic heterocycles. The molecule has 1 N–H and O–H groups in total.